The molecule has 194 valence electrons. The summed E-state index contributed by atoms with van der Waals surface area (Å²) in [5.74, 6) is -0.862. The number of carbonyl (C=O) groups is 2. The first-order valence-electron chi connectivity index (χ1n) is 13.0. The fourth-order valence-corrected chi connectivity index (χ4v) is 4.72. The molecule has 0 bridgehead atoms. The molecule has 2 amide bonds. The molecule has 0 aromatic heterocycles. The van der Waals surface area contributed by atoms with Gasteiger partial charge in [0, 0.05) is 31.8 Å². The Balaban J connectivity index is 1.71. The summed E-state index contributed by atoms with van der Waals surface area (Å²) in [4.78, 5) is 29.2. The van der Waals surface area contributed by atoms with Crippen molar-refractivity contribution >= 4 is 11.8 Å². The molecule has 4 nitrogen and oxygen atoms in total. The van der Waals surface area contributed by atoms with Gasteiger partial charge < -0.3 is 10.2 Å². The van der Waals surface area contributed by atoms with Crippen LogP contribution in [0.25, 0.3) is 0 Å². The lowest BCUT2D eigenvalue weighted by Gasteiger charge is -2.33. The van der Waals surface area contributed by atoms with Gasteiger partial charge in [0.05, 0.1) is 0 Å². The first-order valence-corrected chi connectivity index (χ1v) is 13.0. The number of rotatable bonds is 11. The van der Waals surface area contributed by atoms with Gasteiger partial charge in [0.2, 0.25) is 11.8 Å². The highest BCUT2D eigenvalue weighted by atomic mass is 19.1. The Labute approximate surface area is 224 Å². The summed E-state index contributed by atoms with van der Waals surface area (Å²) in [6.45, 7) is 2.52. The van der Waals surface area contributed by atoms with Crippen LogP contribution in [-0.2, 0) is 22.6 Å². The first kappa shape index (κ1) is 26.8. The smallest absolute Gasteiger partial charge is 0.243 e. The SMILES string of the molecule is CCNC(=O)C(Cc1ccccc1)N(Cc1ccc(F)cc1)C(=O)CC(c1ccccc1)c1ccccc1. The molecule has 38 heavy (non-hydrogen) atoms. The first-order chi connectivity index (χ1) is 18.5. The van der Waals surface area contributed by atoms with E-state index in [9.17, 15) is 14.0 Å². The molecule has 4 aromatic carbocycles. The summed E-state index contributed by atoms with van der Waals surface area (Å²) in [6, 6.07) is 35.0. The molecule has 1 atom stereocenters. The highest BCUT2D eigenvalue weighted by Gasteiger charge is 2.32. The lowest BCUT2D eigenvalue weighted by Crippen LogP contribution is -2.50. The Morgan fingerprint density at radius 3 is 1.79 bits per heavy atom. The predicted octanol–water partition coefficient (Wildman–Crippen LogP) is 6.12. The van der Waals surface area contributed by atoms with E-state index in [0.29, 0.717) is 13.0 Å². The Hall–Kier alpha value is -4.25. The summed E-state index contributed by atoms with van der Waals surface area (Å²) >= 11 is 0. The zero-order chi connectivity index (χ0) is 26.7. The van der Waals surface area contributed by atoms with E-state index in [0.717, 1.165) is 22.3 Å². The molecule has 1 unspecified atom stereocenters. The van der Waals surface area contributed by atoms with Crippen LogP contribution in [0.1, 0.15) is 41.5 Å². The molecule has 4 rings (SSSR count). The maximum Gasteiger partial charge on any atom is 0.243 e. The van der Waals surface area contributed by atoms with E-state index in [1.165, 1.54) is 12.1 Å². The van der Waals surface area contributed by atoms with E-state index >= 15 is 0 Å². The minimum atomic E-state index is -0.720. The molecule has 5 heteroatoms. The maximum atomic E-state index is 14.2. The Morgan fingerprint density at radius 2 is 1.26 bits per heavy atom. The Kier molecular flexibility index (Phi) is 9.41. The number of nitrogens with one attached hydrogen (secondary N) is 1. The summed E-state index contributed by atoms with van der Waals surface area (Å²) in [7, 11) is 0. The van der Waals surface area contributed by atoms with E-state index in [1.54, 1.807) is 17.0 Å². The topological polar surface area (TPSA) is 49.4 Å². The third-order valence-electron chi connectivity index (χ3n) is 6.67. The lowest BCUT2D eigenvalue weighted by molar-refractivity contribution is -0.141. The monoisotopic (exact) mass is 508 g/mol. The van der Waals surface area contributed by atoms with E-state index in [1.807, 2.05) is 97.9 Å². The van der Waals surface area contributed by atoms with E-state index in [4.69, 9.17) is 0 Å². The van der Waals surface area contributed by atoms with Gasteiger partial charge in [-0.15, -0.1) is 0 Å². The minimum absolute atomic E-state index is 0.140. The van der Waals surface area contributed by atoms with E-state index < -0.39 is 6.04 Å². The van der Waals surface area contributed by atoms with Gasteiger partial charge in [-0.25, -0.2) is 4.39 Å². The van der Waals surface area contributed by atoms with Gasteiger partial charge in [0.25, 0.3) is 0 Å². The number of hydrogen-bond donors (Lipinski definition) is 1. The van der Waals surface area contributed by atoms with Gasteiger partial charge in [-0.3, -0.25) is 9.59 Å². The number of nitrogens with zero attached hydrogens (tertiary/aromatic N) is 1. The van der Waals surface area contributed by atoms with Crippen molar-refractivity contribution in [1.29, 1.82) is 0 Å². The van der Waals surface area contributed by atoms with Gasteiger partial charge in [-0.1, -0.05) is 103 Å². The summed E-state index contributed by atoms with van der Waals surface area (Å²) in [5.41, 5.74) is 3.79. The van der Waals surface area contributed by atoms with E-state index in [-0.39, 0.29) is 36.5 Å². The van der Waals surface area contributed by atoms with Crippen LogP contribution in [0.2, 0.25) is 0 Å². The number of amides is 2. The number of hydrogen-bond acceptors (Lipinski definition) is 2. The van der Waals surface area contributed by atoms with Crippen LogP contribution in [-0.4, -0.2) is 29.3 Å². The average molecular weight is 509 g/mol. The molecule has 0 aliphatic heterocycles. The second kappa shape index (κ2) is 13.3. The van der Waals surface area contributed by atoms with Crippen LogP contribution in [0.3, 0.4) is 0 Å². The van der Waals surface area contributed by atoms with Crippen LogP contribution in [0.15, 0.2) is 115 Å². The average Bonchev–Trinajstić information content (AvgIpc) is 2.96. The zero-order valence-electron chi connectivity index (χ0n) is 21.6. The van der Waals surface area contributed by atoms with Crippen molar-refractivity contribution in [3.05, 3.63) is 143 Å². The van der Waals surface area contributed by atoms with Gasteiger partial charge in [0.15, 0.2) is 0 Å². The number of likely N-dealkylation sites (N-methyl/N-ethyl adjacent to an activating group) is 1. The molecule has 1 N–H and O–H groups in total. The number of benzene rings is 4. The highest BCUT2D eigenvalue weighted by molar-refractivity contribution is 5.88. The molecule has 0 fully saturated rings. The molecule has 0 heterocycles. The van der Waals surface area contributed by atoms with Gasteiger partial charge >= 0.3 is 0 Å². The van der Waals surface area contributed by atoms with E-state index in [2.05, 4.69) is 5.32 Å². The number of carbonyl (C=O) groups excluding carboxylic acids is 2. The minimum Gasteiger partial charge on any atom is -0.355 e. The van der Waals surface area contributed by atoms with Crippen molar-refractivity contribution in [2.45, 2.75) is 38.3 Å². The Morgan fingerprint density at radius 1 is 0.737 bits per heavy atom. The highest BCUT2D eigenvalue weighted by Crippen LogP contribution is 2.30. The number of halogens is 1. The maximum absolute atomic E-state index is 14.2. The van der Waals surface area contributed by atoms with Crippen molar-refractivity contribution in [3.63, 3.8) is 0 Å². The van der Waals surface area contributed by atoms with Crippen LogP contribution in [0.5, 0.6) is 0 Å². The molecule has 0 spiro atoms. The fraction of sp³-hybridized carbons (Fsp3) is 0.212. The molecule has 0 radical (unpaired) electrons. The van der Waals surface area contributed by atoms with Crippen LogP contribution >= 0.6 is 0 Å². The molecular formula is C33H33FN2O2. The predicted molar refractivity (Wildman–Crippen MR) is 149 cm³/mol. The Bertz CT molecular complexity index is 1260. The van der Waals surface area contributed by atoms with Crippen LogP contribution in [0.4, 0.5) is 4.39 Å². The molecule has 4 aromatic rings. The van der Waals surface area contributed by atoms with Gasteiger partial charge in [-0.05, 0) is 41.3 Å². The van der Waals surface area contributed by atoms with Crippen molar-refractivity contribution in [3.8, 4) is 0 Å². The van der Waals surface area contributed by atoms with Gasteiger partial charge in [-0.2, -0.15) is 0 Å². The van der Waals surface area contributed by atoms with Crippen LogP contribution in [0, 0.1) is 5.82 Å². The normalized spacial score (nSPS) is 11.7. The zero-order valence-corrected chi connectivity index (χ0v) is 21.6. The summed E-state index contributed by atoms with van der Waals surface area (Å²) in [5, 5.41) is 2.92. The van der Waals surface area contributed by atoms with Crippen molar-refractivity contribution in [2.75, 3.05) is 6.54 Å². The third kappa shape index (κ3) is 7.16. The quantitative estimate of drug-likeness (QED) is 0.265. The molecule has 0 aliphatic carbocycles. The van der Waals surface area contributed by atoms with Crippen LogP contribution < -0.4 is 5.32 Å². The third-order valence-corrected chi connectivity index (χ3v) is 6.67. The van der Waals surface area contributed by atoms with Crippen molar-refractivity contribution in [1.82, 2.24) is 10.2 Å². The molecule has 0 saturated carbocycles. The largest absolute Gasteiger partial charge is 0.355 e. The second-order valence-corrected chi connectivity index (χ2v) is 9.33. The fourth-order valence-electron chi connectivity index (χ4n) is 4.72. The summed E-state index contributed by atoms with van der Waals surface area (Å²) < 4.78 is 13.7. The lowest BCUT2D eigenvalue weighted by atomic mass is 9.87. The molecular weight excluding hydrogens is 475 g/mol. The second-order valence-electron chi connectivity index (χ2n) is 9.33. The summed E-state index contributed by atoms with van der Waals surface area (Å²) in [6.07, 6.45) is 0.570. The van der Waals surface area contributed by atoms with Crippen molar-refractivity contribution < 1.29 is 14.0 Å². The van der Waals surface area contributed by atoms with Gasteiger partial charge in [0.1, 0.15) is 11.9 Å². The molecule has 0 saturated heterocycles. The van der Waals surface area contributed by atoms with Crippen molar-refractivity contribution in [2.24, 2.45) is 0 Å². The standard InChI is InChI=1S/C33H33FN2O2/c1-2-35-33(38)31(22-25-12-6-3-7-13-25)36(24-26-18-20-29(34)21-19-26)32(37)23-30(27-14-8-4-9-15-27)28-16-10-5-11-17-28/h3-21,30-31H,2,22-24H2,1H3,(H,35,38). The molecule has 0 aliphatic rings.